The highest BCUT2D eigenvalue weighted by Gasteiger charge is 2.16. The maximum atomic E-state index is 11.7. The molecule has 0 bridgehead atoms. The van der Waals surface area contributed by atoms with Crippen molar-refractivity contribution in [2.45, 2.75) is 45.6 Å². The highest BCUT2D eigenvalue weighted by Crippen LogP contribution is 2.23. The van der Waals surface area contributed by atoms with E-state index in [0.29, 0.717) is 24.8 Å². The molecule has 2 unspecified atom stereocenters. The minimum absolute atomic E-state index is 0. The van der Waals surface area contributed by atoms with Crippen molar-refractivity contribution in [2.24, 2.45) is 11.7 Å². The summed E-state index contributed by atoms with van der Waals surface area (Å²) >= 11 is 0. The van der Waals surface area contributed by atoms with Crippen LogP contribution in [-0.4, -0.2) is 18.5 Å². The molecule has 0 aromatic heterocycles. The minimum atomic E-state index is 0. The molecule has 20 heavy (non-hydrogen) atoms. The van der Waals surface area contributed by atoms with Crippen molar-refractivity contribution in [3.05, 3.63) is 35.9 Å². The lowest BCUT2D eigenvalue weighted by Gasteiger charge is -2.22. The second-order valence-electron chi connectivity index (χ2n) is 5.58. The van der Waals surface area contributed by atoms with E-state index in [9.17, 15) is 4.79 Å². The van der Waals surface area contributed by atoms with Crippen molar-refractivity contribution in [3.8, 4) is 0 Å². The van der Waals surface area contributed by atoms with Crippen molar-refractivity contribution in [1.82, 2.24) is 5.32 Å². The van der Waals surface area contributed by atoms with Gasteiger partial charge in [0, 0.05) is 24.9 Å². The van der Waals surface area contributed by atoms with Crippen LogP contribution in [0.5, 0.6) is 0 Å². The van der Waals surface area contributed by atoms with Gasteiger partial charge in [-0.15, -0.1) is 12.4 Å². The largest absolute Gasteiger partial charge is 0.355 e. The molecule has 0 saturated heterocycles. The number of halogens is 1. The smallest absolute Gasteiger partial charge is 0.220 e. The Labute approximate surface area is 128 Å². The number of carbonyl (C=O) groups excluding carboxylic acids is 1. The van der Waals surface area contributed by atoms with Gasteiger partial charge in [-0.05, 0) is 24.8 Å². The fraction of sp³-hybridized carbons (Fsp3) is 0.562. The molecule has 0 fully saturated rings. The molecule has 0 radical (unpaired) electrons. The van der Waals surface area contributed by atoms with E-state index >= 15 is 0 Å². The maximum absolute atomic E-state index is 11.7. The number of hydrogen-bond acceptors (Lipinski definition) is 2. The van der Waals surface area contributed by atoms with E-state index in [1.807, 2.05) is 25.1 Å². The molecule has 0 aliphatic carbocycles. The zero-order valence-corrected chi connectivity index (χ0v) is 13.5. The molecular formula is C16H27ClN2O. The van der Waals surface area contributed by atoms with Crippen molar-refractivity contribution in [1.29, 1.82) is 0 Å². The van der Waals surface area contributed by atoms with Crippen LogP contribution in [0, 0.1) is 5.92 Å². The van der Waals surface area contributed by atoms with E-state index in [1.165, 1.54) is 5.56 Å². The second-order valence-corrected chi connectivity index (χ2v) is 5.58. The zero-order valence-electron chi connectivity index (χ0n) is 12.6. The summed E-state index contributed by atoms with van der Waals surface area (Å²) in [5.74, 6) is 0.954. The molecule has 2 atom stereocenters. The number of hydrogen-bond donors (Lipinski definition) is 2. The number of carbonyl (C=O) groups is 1. The van der Waals surface area contributed by atoms with Crippen LogP contribution in [-0.2, 0) is 4.79 Å². The van der Waals surface area contributed by atoms with Crippen LogP contribution < -0.4 is 11.1 Å². The van der Waals surface area contributed by atoms with E-state index in [4.69, 9.17) is 5.73 Å². The molecule has 3 N–H and O–H groups in total. The zero-order chi connectivity index (χ0) is 14.3. The Morgan fingerprint density at radius 2 is 1.80 bits per heavy atom. The average Bonchev–Trinajstić information content (AvgIpc) is 2.37. The van der Waals surface area contributed by atoms with E-state index < -0.39 is 0 Å². The van der Waals surface area contributed by atoms with Gasteiger partial charge in [0.15, 0.2) is 0 Å². The molecular weight excluding hydrogens is 272 g/mol. The normalized spacial score (nSPS) is 13.4. The summed E-state index contributed by atoms with van der Waals surface area (Å²) < 4.78 is 0. The first kappa shape index (κ1) is 18.9. The lowest BCUT2D eigenvalue weighted by molar-refractivity contribution is -0.121. The Bertz CT molecular complexity index is 379. The molecule has 1 amide bonds. The third-order valence-electron chi connectivity index (χ3n) is 3.38. The quantitative estimate of drug-likeness (QED) is 0.813. The van der Waals surface area contributed by atoms with Crippen LogP contribution in [0.25, 0.3) is 0 Å². The number of rotatable bonds is 7. The summed E-state index contributed by atoms with van der Waals surface area (Å²) in [4.78, 5) is 11.7. The number of amides is 1. The first-order valence-electron chi connectivity index (χ1n) is 7.08. The van der Waals surface area contributed by atoms with Gasteiger partial charge in [0.25, 0.3) is 0 Å². The van der Waals surface area contributed by atoms with Crippen molar-refractivity contribution < 1.29 is 4.79 Å². The van der Waals surface area contributed by atoms with Crippen LogP contribution in [0.1, 0.15) is 45.1 Å². The van der Waals surface area contributed by atoms with Crippen LogP contribution in [0.3, 0.4) is 0 Å². The van der Waals surface area contributed by atoms with Gasteiger partial charge >= 0.3 is 0 Å². The molecule has 3 nitrogen and oxygen atoms in total. The van der Waals surface area contributed by atoms with Gasteiger partial charge in [-0.2, -0.15) is 0 Å². The van der Waals surface area contributed by atoms with Crippen molar-refractivity contribution in [2.75, 3.05) is 6.54 Å². The fourth-order valence-electron chi connectivity index (χ4n) is 2.11. The van der Waals surface area contributed by atoms with Crippen LogP contribution >= 0.6 is 12.4 Å². The van der Waals surface area contributed by atoms with Gasteiger partial charge < -0.3 is 11.1 Å². The molecule has 4 heteroatoms. The Kier molecular flexibility index (Phi) is 9.26. The Hall–Kier alpha value is -1.06. The minimum Gasteiger partial charge on any atom is -0.355 e. The van der Waals surface area contributed by atoms with E-state index in [0.717, 1.165) is 6.42 Å². The predicted octanol–water partition coefficient (Wildman–Crippen LogP) is 3.09. The highest BCUT2D eigenvalue weighted by molar-refractivity contribution is 5.85. The molecule has 1 aromatic carbocycles. The van der Waals surface area contributed by atoms with Crippen molar-refractivity contribution >= 4 is 18.3 Å². The molecule has 0 aliphatic rings. The van der Waals surface area contributed by atoms with Crippen molar-refractivity contribution in [3.63, 3.8) is 0 Å². The monoisotopic (exact) mass is 298 g/mol. The van der Waals surface area contributed by atoms with Crippen LogP contribution in [0.4, 0.5) is 0 Å². The maximum Gasteiger partial charge on any atom is 0.220 e. The third kappa shape index (κ3) is 6.92. The van der Waals surface area contributed by atoms with E-state index in [2.05, 4.69) is 31.3 Å². The first-order chi connectivity index (χ1) is 9.00. The standard InChI is InChI=1S/C16H26N2O.ClH/c1-12(2)15(14-7-5-4-6-8-14)11-18-16(19)10-9-13(3)17;/h4-8,12-13,15H,9-11,17H2,1-3H3,(H,18,19);1H. The van der Waals surface area contributed by atoms with Crippen LogP contribution in [0.2, 0.25) is 0 Å². The molecule has 0 spiro atoms. The molecule has 0 saturated carbocycles. The lowest BCUT2D eigenvalue weighted by Crippen LogP contribution is -2.31. The topological polar surface area (TPSA) is 55.1 Å². The van der Waals surface area contributed by atoms with Gasteiger partial charge in [-0.25, -0.2) is 0 Å². The summed E-state index contributed by atoms with van der Waals surface area (Å²) in [5.41, 5.74) is 6.94. The van der Waals surface area contributed by atoms with Gasteiger partial charge in [-0.3, -0.25) is 4.79 Å². The van der Waals surface area contributed by atoms with E-state index in [1.54, 1.807) is 0 Å². The van der Waals surface area contributed by atoms with Crippen LogP contribution in [0.15, 0.2) is 30.3 Å². The summed E-state index contributed by atoms with van der Waals surface area (Å²) in [5, 5.41) is 3.02. The number of nitrogens with one attached hydrogen (secondary N) is 1. The van der Waals surface area contributed by atoms with Gasteiger partial charge in [-0.1, -0.05) is 44.2 Å². The van der Waals surface area contributed by atoms with Gasteiger partial charge in [0.2, 0.25) is 5.91 Å². The second kappa shape index (κ2) is 9.78. The fourth-order valence-corrected chi connectivity index (χ4v) is 2.11. The Morgan fingerprint density at radius 1 is 1.20 bits per heavy atom. The average molecular weight is 299 g/mol. The SMILES string of the molecule is CC(N)CCC(=O)NCC(c1ccccc1)C(C)C.Cl. The molecule has 1 aromatic rings. The summed E-state index contributed by atoms with van der Waals surface area (Å²) in [6.45, 7) is 6.99. The summed E-state index contributed by atoms with van der Waals surface area (Å²) in [6.07, 6.45) is 1.25. The summed E-state index contributed by atoms with van der Waals surface area (Å²) in [6, 6.07) is 10.4. The van der Waals surface area contributed by atoms with Gasteiger partial charge in [0.1, 0.15) is 0 Å². The van der Waals surface area contributed by atoms with Gasteiger partial charge in [0.05, 0.1) is 0 Å². The molecule has 114 valence electrons. The summed E-state index contributed by atoms with van der Waals surface area (Å²) in [7, 11) is 0. The Morgan fingerprint density at radius 3 is 2.30 bits per heavy atom. The van der Waals surface area contributed by atoms with E-state index in [-0.39, 0.29) is 24.4 Å². The first-order valence-corrected chi connectivity index (χ1v) is 7.08. The Balaban J connectivity index is 0.00000361. The third-order valence-corrected chi connectivity index (χ3v) is 3.38. The lowest BCUT2D eigenvalue weighted by atomic mass is 9.88. The number of benzene rings is 1. The molecule has 0 aliphatic heterocycles. The molecule has 1 rings (SSSR count). The number of nitrogens with two attached hydrogens (primary N) is 1. The molecule has 0 heterocycles. The predicted molar refractivity (Wildman–Crippen MR) is 87.2 cm³/mol. The highest BCUT2D eigenvalue weighted by atomic mass is 35.5.